The van der Waals surface area contributed by atoms with Gasteiger partial charge in [-0.15, -0.1) is 0 Å². The Balaban J connectivity index is 3.74. The summed E-state index contributed by atoms with van der Waals surface area (Å²) in [5.41, 5.74) is 0. The molecule has 96 valence electrons. The summed E-state index contributed by atoms with van der Waals surface area (Å²) < 4.78 is 0. The van der Waals surface area contributed by atoms with Crippen LogP contribution in [-0.2, 0) is 0 Å². The van der Waals surface area contributed by atoms with Gasteiger partial charge in [0.15, 0.2) is 5.96 Å². The molecule has 3 heteroatoms. The van der Waals surface area contributed by atoms with Gasteiger partial charge in [0.05, 0.1) is 0 Å². The van der Waals surface area contributed by atoms with E-state index in [4.69, 9.17) is 0 Å². The molecule has 0 rings (SSSR count). The van der Waals surface area contributed by atoms with Crippen LogP contribution in [0.4, 0.5) is 0 Å². The van der Waals surface area contributed by atoms with Gasteiger partial charge in [-0.05, 0) is 25.2 Å². The van der Waals surface area contributed by atoms with Crippen molar-refractivity contribution in [3.63, 3.8) is 0 Å². The molecule has 0 aromatic rings. The lowest BCUT2D eigenvalue weighted by molar-refractivity contribution is 0.460. The molecule has 0 saturated carbocycles. The van der Waals surface area contributed by atoms with Crippen LogP contribution in [0.1, 0.15) is 46.5 Å². The van der Waals surface area contributed by atoms with E-state index in [2.05, 4.69) is 43.0 Å². The van der Waals surface area contributed by atoms with Gasteiger partial charge in [-0.1, -0.05) is 27.2 Å². The summed E-state index contributed by atoms with van der Waals surface area (Å²) in [5, 5.41) is 3.41. The van der Waals surface area contributed by atoms with Gasteiger partial charge in [0.1, 0.15) is 0 Å². The van der Waals surface area contributed by atoms with Gasteiger partial charge in [-0.2, -0.15) is 0 Å². The van der Waals surface area contributed by atoms with Crippen LogP contribution in [0.15, 0.2) is 4.99 Å². The van der Waals surface area contributed by atoms with Gasteiger partial charge in [0, 0.05) is 27.2 Å². The summed E-state index contributed by atoms with van der Waals surface area (Å²) in [6, 6.07) is 0. The lowest BCUT2D eigenvalue weighted by Crippen LogP contribution is -2.39. The second kappa shape index (κ2) is 9.49. The number of rotatable bonds is 7. The zero-order valence-electron chi connectivity index (χ0n) is 11.7. The second-order valence-corrected chi connectivity index (χ2v) is 4.79. The Morgan fingerprint density at radius 3 is 2.50 bits per heavy atom. The summed E-state index contributed by atoms with van der Waals surface area (Å²) in [6.07, 6.45) is 4.96. The largest absolute Gasteiger partial charge is 0.356 e. The molecule has 0 bridgehead atoms. The van der Waals surface area contributed by atoms with E-state index in [0.29, 0.717) is 0 Å². The topological polar surface area (TPSA) is 27.6 Å². The first-order valence-electron chi connectivity index (χ1n) is 6.53. The van der Waals surface area contributed by atoms with Crippen LogP contribution in [0.2, 0.25) is 0 Å². The van der Waals surface area contributed by atoms with Crippen molar-refractivity contribution < 1.29 is 0 Å². The van der Waals surface area contributed by atoms with E-state index in [9.17, 15) is 0 Å². The van der Waals surface area contributed by atoms with Gasteiger partial charge in [-0.25, -0.2) is 0 Å². The number of hydrogen-bond donors (Lipinski definition) is 1. The Kier molecular flexibility index (Phi) is 9.06. The summed E-state index contributed by atoms with van der Waals surface area (Å²) in [6.45, 7) is 8.86. The molecule has 0 fully saturated rings. The quantitative estimate of drug-likeness (QED) is 0.411. The van der Waals surface area contributed by atoms with Gasteiger partial charge in [0.2, 0.25) is 0 Å². The molecule has 0 heterocycles. The highest BCUT2D eigenvalue weighted by atomic mass is 15.3. The molecule has 0 aliphatic carbocycles. The summed E-state index contributed by atoms with van der Waals surface area (Å²) in [5.74, 6) is 1.82. The molecule has 0 aromatic carbocycles. The molecule has 0 aliphatic heterocycles. The fourth-order valence-corrected chi connectivity index (χ4v) is 1.60. The third-order valence-corrected chi connectivity index (χ3v) is 2.66. The van der Waals surface area contributed by atoms with Gasteiger partial charge < -0.3 is 10.2 Å². The molecular weight excluding hydrogens is 198 g/mol. The van der Waals surface area contributed by atoms with E-state index in [1.54, 1.807) is 0 Å². The fraction of sp³-hybridized carbons (Fsp3) is 0.923. The van der Waals surface area contributed by atoms with E-state index in [0.717, 1.165) is 25.0 Å². The monoisotopic (exact) mass is 227 g/mol. The van der Waals surface area contributed by atoms with Crippen LogP contribution in [0, 0.1) is 5.92 Å². The molecule has 3 nitrogen and oxygen atoms in total. The van der Waals surface area contributed by atoms with Crippen molar-refractivity contribution in [2.45, 2.75) is 46.5 Å². The molecular formula is C13H29N3. The third kappa shape index (κ3) is 7.55. The van der Waals surface area contributed by atoms with Crippen molar-refractivity contribution in [2.24, 2.45) is 10.9 Å². The Bertz CT molecular complexity index is 188. The Morgan fingerprint density at radius 1 is 1.31 bits per heavy atom. The van der Waals surface area contributed by atoms with Gasteiger partial charge in [0.25, 0.3) is 0 Å². The van der Waals surface area contributed by atoms with E-state index in [1.807, 2.05) is 7.05 Å². The van der Waals surface area contributed by atoms with Crippen LogP contribution < -0.4 is 5.32 Å². The lowest BCUT2D eigenvalue weighted by Gasteiger charge is -2.21. The number of aliphatic imine (C=N–C) groups is 1. The Labute approximate surface area is 101 Å². The summed E-state index contributed by atoms with van der Waals surface area (Å²) in [4.78, 5) is 6.50. The van der Waals surface area contributed by atoms with Gasteiger partial charge in [-0.3, -0.25) is 4.99 Å². The van der Waals surface area contributed by atoms with Crippen molar-refractivity contribution in [2.75, 3.05) is 27.2 Å². The first-order valence-corrected chi connectivity index (χ1v) is 6.53. The normalized spacial score (nSPS) is 12.0. The first-order chi connectivity index (χ1) is 7.61. The van der Waals surface area contributed by atoms with Crippen molar-refractivity contribution in [3.8, 4) is 0 Å². The van der Waals surface area contributed by atoms with Crippen LogP contribution in [-0.4, -0.2) is 38.0 Å². The minimum Gasteiger partial charge on any atom is -0.356 e. The van der Waals surface area contributed by atoms with E-state index in [-0.39, 0.29) is 0 Å². The van der Waals surface area contributed by atoms with E-state index in [1.165, 1.54) is 25.7 Å². The molecule has 0 unspecified atom stereocenters. The Hall–Kier alpha value is -0.730. The summed E-state index contributed by atoms with van der Waals surface area (Å²) >= 11 is 0. The standard InChI is InChI=1S/C13H29N3/c1-6-7-11-16(5)13(14-4)15-10-8-9-12(2)3/h12H,6-11H2,1-5H3,(H,14,15). The Morgan fingerprint density at radius 2 is 2.00 bits per heavy atom. The highest BCUT2D eigenvalue weighted by Crippen LogP contribution is 2.02. The smallest absolute Gasteiger partial charge is 0.193 e. The zero-order chi connectivity index (χ0) is 12.4. The average Bonchev–Trinajstić information content (AvgIpc) is 2.25. The molecule has 0 amide bonds. The SMILES string of the molecule is CCCCN(C)C(=NC)NCCCC(C)C. The predicted molar refractivity (Wildman–Crippen MR) is 73.0 cm³/mol. The number of guanidine groups is 1. The second-order valence-electron chi connectivity index (χ2n) is 4.79. The molecule has 16 heavy (non-hydrogen) atoms. The lowest BCUT2D eigenvalue weighted by atomic mass is 10.1. The highest BCUT2D eigenvalue weighted by Gasteiger charge is 2.03. The van der Waals surface area contributed by atoms with E-state index < -0.39 is 0 Å². The number of unbranched alkanes of at least 4 members (excludes halogenated alkanes) is 1. The number of nitrogens with zero attached hydrogens (tertiary/aromatic N) is 2. The average molecular weight is 227 g/mol. The van der Waals surface area contributed by atoms with Crippen molar-refractivity contribution in [3.05, 3.63) is 0 Å². The molecule has 0 atom stereocenters. The van der Waals surface area contributed by atoms with Crippen molar-refractivity contribution in [1.82, 2.24) is 10.2 Å². The maximum Gasteiger partial charge on any atom is 0.193 e. The third-order valence-electron chi connectivity index (χ3n) is 2.66. The van der Waals surface area contributed by atoms with Crippen LogP contribution >= 0.6 is 0 Å². The molecule has 0 saturated heterocycles. The minimum atomic E-state index is 0.793. The van der Waals surface area contributed by atoms with Crippen molar-refractivity contribution >= 4 is 5.96 Å². The predicted octanol–water partition coefficient (Wildman–Crippen LogP) is 2.73. The first kappa shape index (κ1) is 15.3. The van der Waals surface area contributed by atoms with Crippen LogP contribution in [0.3, 0.4) is 0 Å². The maximum absolute atomic E-state index is 4.29. The summed E-state index contributed by atoms with van der Waals surface area (Å²) in [7, 11) is 3.96. The minimum absolute atomic E-state index is 0.793. The fourth-order valence-electron chi connectivity index (χ4n) is 1.60. The van der Waals surface area contributed by atoms with E-state index >= 15 is 0 Å². The molecule has 0 spiro atoms. The maximum atomic E-state index is 4.29. The van der Waals surface area contributed by atoms with Gasteiger partial charge >= 0.3 is 0 Å². The van der Waals surface area contributed by atoms with Crippen LogP contribution in [0.25, 0.3) is 0 Å². The molecule has 0 aliphatic rings. The number of nitrogens with one attached hydrogen (secondary N) is 1. The molecule has 0 aromatic heterocycles. The molecule has 1 N–H and O–H groups in total. The molecule has 0 radical (unpaired) electrons. The number of hydrogen-bond acceptors (Lipinski definition) is 1. The van der Waals surface area contributed by atoms with Crippen molar-refractivity contribution in [1.29, 1.82) is 0 Å². The zero-order valence-corrected chi connectivity index (χ0v) is 11.7. The van der Waals surface area contributed by atoms with Crippen LogP contribution in [0.5, 0.6) is 0 Å². The highest BCUT2D eigenvalue weighted by molar-refractivity contribution is 5.79.